The van der Waals surface area contributed by atoms with Crippen LogP contribution in [0.1, 0.15) is 41.5 Å². The quantitative estimate of drug-likeness (QED) is 0.636. The summed E-state index contributed by atoms with van der Waals surface area (Å²) in [5.74, 6) is 0. The average Bonchev–Trinajstić information content (AvgIpc) is 2.76. The van der Waals surface area contributed by atoms with Gasteiger partial charge in [-0.3, -0.25) is 0 Å². The van der Waals surface area contributed by atoms with E-state index in [1.807, 2.05) is 65.8 Å². The molecule has 0 saturated heterocycles. The lowest BCUT2D eigenvalue weighted by Gasteiger charge is -1.98. The van der Waals surface area contributed by atoms with Crippen molar-refractivity contribution in [2.45, 2.75) is 41.5 Å². The zero-order valence-electron chi connectivity index (χ0n) is 13.7. The highest BCUT2D eigenvalue weighted by molar-refractivity contribution is 7.93. The Hall–Kier alpha value is -1.41. The average molecular weight is 292 g/mol. The predicted molar refractivity (Wildman–Crippen MR) is 94.9 cm³/mol. The van der Waals surface area contributed by atoms with E-state index >= 15 is 0 Å². The Kier molecular flexibility index (Phi) is 13.2. The highest BCUT2D eigenvalue weighted by Gasteiger charge is 2.24. The summed E-state index contributed by atoms with van der Waals surface area (Å²) in [5.41, 5.74) is 1.89. The maximum Gasteiger partial charge on any atom is 0.0861 e. The van der Waals surface area contributed by atoms with Gasteiger partial charge in [-0.05, 0) is 31.1 Å². The summed E-state index contributed by atoms with van der Waals surface area (Å²) in [7, 11) is -1.13. The van der Waals surface area contributed by atoms with Crippen molar-refractivity contribution in [2.24, 2.45) is 0 Å². The molecule has 0 aromatic heterocycles. The van der Waals surface area contributed by atoms with E-state index in [9.17, 15) is 4.21 Å². The van der Waals surface area contributed by atoms with E-state index in [-0.39, 0.29) is 0 Å². The second-order valence-electron chi connectivity index (χ2n) is 3.23. The maximum absolute atomic E-state index is 12.2. The summed E-state index contributed by atoms with van der Waals surface area (Å²) in [6.45, 7) is 19.3. The summed E-state index contributed by atoms with van der Waals surface area (Å²) in [6.07, 6.45) is 11.0. The number of allylic oxidation sites excluding steroid dienone is 8. The molecule has 1 rings (SSSR count). The fourth-order valence-electron chi connectivity index (χ4n) is 1.62. The molecule has 0 aliphatic carbocycles. The molecular formula is C18H28OS. The van der Waals surface area contributed by atoms with E-state index in [1.54, 1.807) is 12.2 Å². The molecule has 1 nitrogen and oxygen atoms in total. The lowest BCUT2D eigenvalue weighted by atomic mass is 10.0. The van der Waals surface area contributed by atoms with Gasteiger partial charge in [-0.1, -0.05) is 71.2 Å². The largest absolute Gasteiger partial charge is 0.249 e. The third kappa shape index (κ3) is 4.93. The molecule has 0 radical (unpaired) electrons. The number of hydrogen-bond acceptors (Lipinski definition) is 1. The molecule has 1 unspecified atom stereocenters. The molecule has 2 heteroatoms. The molecule has 0 saturated carbocycles. The summed E-state index contributed by atoms with van der Waals surface area (Å²) in [4.78, 5) is 1.57. The summed E-state index contributed by atoms with van der Waals surface area (Å²) in [6, 6.07) is 0. The molecule has 112 valence electrons. The molecule has 0 amide bonds. The van der Waals surface area contributed by atoms with Crippen LogP contribution in [0.25, 0.3) is 0 Å². The van der Waals surface area contributed by atoms with Crippen molar-refractivity contribution in [3.63, 3.8) is 0 Å². The Balaban J connectivity index is 0. The summed E-state index contributed by atoms with van der Waals surface area (Å²) in [5, 5.41) is 0. The van der Waals surface area contributed by atoms with Gasteiger partial charge in [0.05, 0.1) is 20.6 Å². The van der Waals surface area contributed by atoms with Crippen LogP contribution in [-0.2, 0) is 10.8 Å². The molecule has 0 fully saturated rings. The van der Waals surface area contributed by atoms with Crippen molar-refractivity contribution < 1.29 is 4.21 Å². The van der Waals surface area contributed by atoms with Gasteiger partial charge in [0, 0.05) is 0 Å². The molecule has 0 bridgehead atoms. The minimum absolute atomic E-state index is 0.765. The van der Waals surface area contributed by atoms with Crippen LogP contribution in [0.5, 0.6) is 0 Å². The lowest BCUT2D eigenvalue weighted by molar-refractivity contribution is 0.691. The maximum atomic E-state index is 12.2. The Bertz CT molecular complexity index is 460. The van der Waals surface area contributed by atoms with Gasteiger partial charge in [0.1, 0.15) is 0 Å². The molecule has 20 heavy (non-hydrogen) atoms. The van der Waals surface area contributed by atoms with Crippen LogP contribution in [0.2, 0.25) is 0 Å². The molecule has 0 aromatic rings. The monoisotopic (exact) mass is 292 g/mol. The number of hydrogen-bond donors (Lipinski definition) is 0. The first kappa shape index (κ1) is 20.9. The summed E-state index contributed by atoms with van der Waals surface area (Å²) >= 11 is 0. The zero-order valence-corrected chi connectivity index (χ0v) is 14.5. The van der Waals surface area contributed by atoms with Crippen LogP contribution in [0.4, 0.5) is 0 Å². The second-order valence-corrected chi connectivity index (χ2v) is 4.65. The molecular weight excluding hydrogens is 264 g/mol. The van der Waals surface area contributed by atoms with Gasteiger partial charge in [0.2, 0.25) is 0 Å². The van der Waals surface area contributed by atoms with E-state index < -0.39 is 10.8 Å². The minimum Gasteiger partial charge on any atom is -0.249 e. The van der Waals surface area contributed by atoms with Crippen molar-refractivity contribution in [2.75, 3.05) is 0 Å². The van der Waals surface area contributed by atoms with Crippen molar-refractivity contribution in [3.05, 3.63) is 70.6 Å². The van der Waals surface area contributed by atoms with Crippen LogP contribution in [0.15, 0.2) is 70.6 Å². The lowest BCUT2D eigenvalue weighted by Crippen LogP contribution is -1.89. The number of rotatable bonds is 4. The first-order valence-corrected chi connectivity index (χ1v) is 8.27. The minimum atomic E-state index is -1.13. The van der Waals surface area contributed by atoms with E-state index in [0.717, 1.165) is 21.0 Å². The van der Waals surface area contributed by atoms with E-state index in [0.29, 0.717) is 0 Å². The van der Waals surface area contributed by atoms with Gasteiger partial charge >= 0.3 is 0 Å². The van der Waals surface area contributed by atoms with Gasteiger partial charge in [-0.2, -0.15) is 0 Å². The van der Waals surface area contributed by atoms with Crippen LogP contribution in [-0.4, -0.2) is 4.21 Å². The smallest absolute Gasteiger partial charge is 0.0861 e. The SMILES string of the molecule is C=CC1=C(/C=C\C)S(=O)C(C=C)=C1/C=C\C.CC.CC. The zero-order chi connectivity index (χ0) is 16.1. The van der Waals surface area contributed by atoms with E-state index in [2.05, 4.69) is 13.2 Å². The molecule has 1 aliphatic heterocycles. The fraction of sp³-hybridized carbons (Fsp3) is 0.333. The fourth-order valence-corrected chi connectivity index (χ4v) is 3.04. The Morgan fingerprint density at radius 1 is 0.800 bits per heavy atom. The van der Waals surface area contributed by atoms with E-state index in [4.69, 9.17) is 0 Å². The van der Waals surface area contributed by atoms with Crippen LogP contribution in [0, 0.1) is 0 Å². The van der Waals surface area contributed by atoms with Crippen molar-refractivity contribution in [1.82, 2.24) is 0 Å². The van der Waals surface area contributed by atoms with Gasteiger partial charge in [0.15, 0.2) is 0 Å². The third-order valence-corrected chi connectivity index (χ3v) is 3.80. The molecule has 1 aliphatic rings. The van der Waals surface area contributed by atoms with Crippen molar-refractivity contribution in [3.8, 4) is 0 Å². The van der Waals surface area contributed by atoms with Gasteiger partial charge in [0.25, 0.3) is 0 Å². The molecule has 1 atom stereocenters. The highest BCUT2D eigenvalue weighted by atomic mass is 32.2. The van der Waals surface area contributed by atoms with Crippen LogP contribution >= 0.6 is 0 Å². The third-order valence-electron chi connectivity index (χ3n) is 2.26. The highest BCUT2D eigenvalue weighted by Crippen LogP contribution is 2.35. The normalized spacial score (nSPS) is 17.8. The topological polar surface area (TPSA) is 17.1 Å². The van der Waals surface area contributed by atoms with Crippen LogP contribution in [0.3, 0.4) is 0 Å². The van der Waals surface area contributed by atoms with Crippen molar-refractivity contribution >= 4 is 10.8 Å². The first-order valence-electron chi connectivity index (χ1n) is 7.12. The van der Waals surface area contributed by atoms with Gasteiger partial charge in [-0.15, -0.1) is 0 Å². The first-order chi connectivity index (χ1) is 9.71. The van der Waals surface area contributed by atoms with Crippen molar-refractivity contribution in [1.29, 1.82) is 0 Å². The molecule has 0 aromatic carbocycles. The Morgan fingerprint density at radius 3 is 1.65 bits per heavy atom. The molecule has 0 spiro atoms. The second kappa shape index (κ2) is 12.6. The Morgan fingerprint density at radius 2 is 1.30 bits per heavy atom. The Labute approximate surface area is 127 Å². The summed E-state index contributed by atoms with van der Waals surface area (Å²) < 4.78 is 12.2. The van der Waals surface area contributed by atoms with Gasteiger partial charge < -0.3 is 0 Å². The standard InChI is InChI=1S/C14H16OS.2C2H6/c1-5-9-12-11(7-3)14(10-6-2)16(15)13(12)8-4;2*1-2/h5-10H,3-4H2,1-2H3;2*1-2H3/b9-5-,10-6-;;. The molecule has 0 N–H and O–H groups in total. The predicted octanol–water partition coefficient (Wildman–Crippen LogP) is 5.83. The van der Waals surface area contributed by atoms with Gasteiger partial charge in [-0.25, -0.2) is 4.21 Å². The van der Waals surface area contributed by atoms with E-state index in [1.165, 1.54) is 0 Å². The van der Waals surface area contributed by atoms with Crippen LogP contribution < -0.4 is 0 Å². The molecule has 1 heterocycles.